The molecule has 1 aromatic rings. The van der Waals surface area contributed by atoms with Gasteiger partial charge >= 0.3 is 12.0 Å². The Bertz CT molecular complexity index is 475. The van der Waals surface area contributed by atoms with Crippen molar-refractivity contribution in [2.24, 2.45) is 5.92 Å². The van der Waals surface area contributed by atoms with E-state index in [2.05, 4.69) is 40.4 Å². The fourth-order valence-corrected chi connectivity index (χ4v) is 1.87. The molecule has 0 aliphatic rings. The number of benzene rings is 1. The van der Waals surface area contributed by atoms with Crippen molar-refractivity contribution in [1.29, 1.82) is 0 Å². The molecule has 0 aliphatic carbocycles. The Kier molecular flexibility index (Phi) is 5.82. The summed E-state index contributed by atoms with van der Waals surface area (Å²) in [6, 6.07) is 4.14. The quantitative estimate of drug-likeness (QED) is 0.775. The summed E-state index contributed by atoms with van der Waals surface area (Å²) < 4.78 is 0.534. The molecule has 19 heavy (non-hydrogen) atoms. The zero-order chi connectivity index (χ0) is 14.4. The molecule has 0 bridgehead atoms. The van der Waals surface area contributed by atoms with Crippen molar-refractivity contribution >= 4 is 33.6 Å². The van der Waals surface area contributed by atoms with Gasteiger partial charge in [0.15, 0.2) is 0 Å². The highest BCUT2D eigenvalue weighted by Gasteiger charge is 2.09. The van der Waals surface area contributed by atoms with Crippen LogP contribution in [0.15, 0.2) is 22.7 Å². The molecule has 104 valence electrons. The number of aromatic carboxylic acids is 1. The number of amides is 2. The Labute approximate surface area is 120 Å². The first kappa shape index (κ1) is 15.5. The number of carbonyl (C=O) groups is 2. The average Bonchev–Trinajstić information content (AvgIpc) is 2.31. The van der Waals surface area contributed by atoms with Crippen molar-refractivity contribution in [3.8, 4) is 0 Å². The third kappa shape index (κ3) is 5.30. The van der Waals surface area contributed by atoms with Crippen LogP contribution in [0.3, 0.4) is 0 Å². The topological polar surface area (TPSA) is 78.4 Å². The van der Waals surface area contributed by atoms with Crippen LogP contribution in [0.25, 0.3) is 0 Å². The van der Waals surface area contributed by atoms with Gasteiger partial charge in [0.25, 0.3) is 0 Å². The van der Waals surface area contributed by atoms with Crippen molar-refractivity contribution in [2.45, 2.75) is 20.3 Å². The Balaban J connectivity index is 2.57. The first-order valence-electron chi connectivity index (χ1n) is 5.98. The lowest BCUT2D eigenvalue weighted by atomic mass is 10.1. The van der Waals surface area contributed by atoms with Crippen molar-refractivity contribution in [1.82, 2.24) is 5.32 Å². The van der Waals surface area contributed by atoms with Crippen LogP contribution in [0.5, 0.6) is 0 Å². The first-order chi connectivity index (χ1) is 8.90. The van der Waals surface area contributed by atoms with Gasteiger partial charge in [-0.2, -0.15) is 0 Å². The Morgan fingerprint density at radius 1 is 1.37 bits per heavy atom. The highest BCUT2D eigenvalue weighted by atomic mass is 79.9. The standard InChI is InChI=1S/C13H17BrN2O3/c1-8(2)5-6-15-13(19)16-11-4-3-9(12(17)18)7-10(11)14/h3-4,7-8H,5-6H2,1-2H3,(H,17,18)(H2,15,16,19). The number of rotatable bonds is 5. The van der Waals surface area contributed by atoms with Crippen molar-refractivity contribution in [2.75, 3.05) is 11.9 Å². The van der Waals surface area contributed by atoms with Gasteiger partial charge in [0.05, 0.1) is 11.3 Å². The fourth-order valence-electron chi connectivity index (χ4n) is 1.39. The van der Waals surface area contributed by atoms with E-state index in [1.165, 1.54) is 12.1 Å². The number of anilines is 1. The number of nitrogens with one attached hydrogen (secondary N) is 2. The average molecular weight is 329 g/mol. The Hall–Kier alpha value is -1.56. The van der Waals surface area contributed by atoms with Gasteiger partial charge in [-0.15, -0.1) is 0 Å². The Morgan fingerprint density at radius 3 is 2.58 bits per heavy atom. The van der Waals surface area contributed by atoms with Gasteiger partial charge in [0.2, 0.25) is 0 Å². The maximum Gasteiger partial charge on any atom is 0.335 e. The van der Waals surface area contributed by atoms with E-state index in [1.807, 2.05) is 0 Å². The maximum absolute atomic E-state index is 11.6. The lowest BCUT2D eigenvalue weighted by molar-refractivity contribution is 0.0697. The van der Waals surface area contributed by atoms with Gasteiger partial charge in [0.1, 0.15) is 0 Å². The van der Waals surface area contributed by atoms with E-state index < -0.39 is 5.97 Å². The SMILES string of the molecule is CC(C)CCNC(=O)Nc1ccc(C(=O)O)cc1Br. The van der Waals surface area contributed by atoms with Gasteiger partial charge in [-0.3, -0.25) is 0 Å². The van der Waals surface area contributed by atoms with E-state index in [0.29, 0.717) is 22.6 Å². The second-order valence-corrected chi connectivity index (χ2v) is 5.42. The molecule has 0 saturated carbocycles. The Morgan fingerprint density at radius 2 is 2.05 bits per heavy atom. The normalized spacial score (nSPS) is 10.3. The van der Waals surface area contributed by atoms with Gasteiger partial charge in [-0.25, -0.2) is 9.59 Å². The van der Waals surface area contributed by atoms with Gasteiger partial charge in [-0.1, -0.05) is 13.8 Å². The van der Waals surface area contributed by atoms with Crippen LogP contribution >= 0.6 is 15.9 Å². The summed E-state index contributed by atoms with van der Waals surface area (Å²) in [4.78, 5) is 22.4. The third-order valence-corrected chi connectivity index (χ3v) is 3.13. The number of carboxylic acids is 1. The van der Waals surface area contributed by atoms with Crippen LogP contribution in [0.2, 0.25) is 0 Å². The molecule has 0 atom stereocenters. The molecule has 0 unspecified atom stereocenters. The van der Waals surface area contributed by atoms with Crippen LogP contribution in [0.4, 0.5) is 10.5 Å². The van der Waals surface area contributed by atoms with Crippen LogP contribution in [0, 0.1) is 5.92 Å². The first-order valence-corrected chi connectivity index (χ1v) is 6.77. The van der Waals surface area contributed by atoms with Crippen LogP contribution in [-0.4, -0.2) is 23.7 Å². The molecule has 5 nitrogen and oxygen atoms in total. The monoisotopic (exact) mass is 328 g/mol. The lowest BCUT2D eigenvalue weighted by Gasteiger charge is -2.10. The lowest BCUT2D eigenvalue weighted by Crippen LogP contribution is -2.30. The molecule has 1 aromatic carbocycles. The van der Waals surface area contributed by atoms with Crippen molar-refractivity contribution in [3.63, 3.8) is 0 Å². The van der Waals surface area contributed by atoms with E-state index in [9.17, 15) is 9.59 Å². The molecule has 0 spiro atoms. The molecule has 3 N–H and O–H groups in total. The zero-order valence-corrected chi connectivity index (χ0v) is 12.5. The number of carbonyl (C=O) groups excluding carboxylic acids is 1. The number of halogens is 1. The van der Waals surface area contributed by atoms with Crippen LogP contribution < -0.4 is 10.6 Å². The molecule has 0 heterocycles. The molecule has 1 rings (SSSR count). The van der Waals surface area contributed by atoms with E-state index in [0.717, 1.165) is 6.42 Å². The van der Waals surface area contributed by atoms with E-state index in [-0.39, 0.29) is 11.6 Å². The number of hydrogen-bond donors (Lipinski definition) is 3. The molecule has 0 aliphatic heterocycles. The van der Waals surface area contributed by atoms with Gasteiger partial charge in [0, 0.05) is 11.0 Å². The smallest absolute Gasteiger partial charge is 0.335 e. The number of carboxylic acid groups (broad SMARTS) is 1. The summed E-state index contributed by atoms with van der Waals surface area (Å²) in [6.07, 6.45) is 0.909. The summed E-state index contributed by atoms with van der Waals surface area (Å²) in [5, 5.41) is 14.2. The predicted octanol–water partition coefficient (Wildman–Crippen LogP) is 3.31. The van der Waals surface area contributed by atoms with Crippen LogP contribution in [0.1, 0.15) is 30.6 Å². The molecular formula is C13H17BrN2O3. The summed E-state index contributed by atoms with van der Waals surface area (Å²) >= 11 is 3.23. The molecule has 0 aromatic heterocycles. The molecule has 0 saturated heterocycles. The second-order valence-electron chi connectivity index (χ2n) is 4.56. The number of hydrogen-bond acceptors (Lipinski definition) is 2. The van der Waals surface area contributed by atoms with E-state index in [1.54, 1.807) is 6.07 Å². The molecule has 0 radical (unpaired) electrons. The molecular weight excluding hydrogens is 312 g/mol. The molecule has 0 fully saturated rings. The van der Waals surface area contributed by atoms with Gasteiger partial charge in [-0.05, 0) is 46.5 Å². The summed E-state index contributed by atoms with van der Waals surface area (Å²) in [5.74, 6) is -0.476. The summed E-state index contributed by atoms with van der Waals surface area (Å²) in [6.45, 7) is 4.77. The minimum absolute atomic E-state index is 0.164. The third-order valence-electron chi connectivity index (χ3n) is 2.47. The van der Waals surface area contributed by atoms with Gasteiger partial charge < -0.3 is 15.7 Å². The largest absolute Gasteiger partial charge is 0.478 e. The fraction of sp³-hybridized carbons (Fsp3) is 0.385. The summed E-state index contributed by atoms with van der Waals surface area (Å²) in [7, 11) is 0. The van der Waals surface area contributed by atoms with E-state index in [4.69, 9.17) is 5.11 Å². The number of urea groups is 1. The second kappa shape index (κ2) is 7.13. The minimum atomic E-state index is -1.01. The summed E-state index contributed by atoms with van der Waals surface area (Å²) in [5.41, 5.74) is 0.699. The predicted molar refractivity (Wildman–Crippen MR) is 77.6 cm³/mol. The van der Waals surface area contributed by atoms with Crippen LogP contribution in [-0.2, 0) is 0 Å². The minimum Gasteiger partial charge on any atom is -0.478 e. The highest BCUT2D eigenvalue weighted by Crippen LogP contribution is 2.23. The highest BCUT2D eigenvalue weighted by molar-refractivity contribution is 9.10. The zero-order valence-electron chi connectivity index (χ0n) is 10.9. The molecule has 2 amide bonds. The van der Waals surface area contributed by atoms with E-state index >= 15 is 0 Å². The van der Waals surface area contributed by atoms with Crippen molar-refractivity contribution in [3.05, 3.63) is 28.2 Å². The maximum atomic E-state index is 11.6. The van der Waals surface area contributed by atoms with Crippen molar-refractivity contribution < 1.29 is 14.7 Å². The molecule has 6 heteroatoms.